The second-order valence-electron chi connectivity index (χ2n) is 5.83. The molecule has 0 aromatic rings. The lowest BCUT2D eigenvalue weighted by atomic mass is 9.79. The van der Waals surface area contributed by atoms with E-state index in [4.69, 9.17) is 9.47 Å². The van der Waals surface area contributed by atoms with Gasteiger partial charge in [0, 0.05) is 19.1 Å². The zero-order valence-electron chi connectivity index (χ0n) is 11.7. The summed E-state index contributed by atoms with van der Waals surface area (Å²) in [4.78, 5) is 0. The number of rotatable bonds is 4. The van der Waals surface area contributed by atoms with Crippen LogP contribution in [0.5, 0.6) is 0 Å². The van der Waals surface area contributed by atoms with Crippen molar-refractivity contribution in [2.45, 2.75) is 70.0 Å². The third-order valence-electron chi connectivity index (χ3n) is 4.56. The first kappa shape index (κ1) is 14.3. The minimum absolute atomic E-state index is 0.267. The second-order valence-corrected chi connectivity index (χ2v) is 5.83. The van der Waals surface area contributed by atoms with Gasteiger partial charge in [-0.1, -0.05) is 25.7 Å². The van der Waals surface area contributed by atoms with Gasteiger partial charge >= 0.3 is 0 Å². The highest BCUT2D eigenvalue weighted by molar-refractivity contribution is 4.94. The molecule has 2 aliphatic rings. The molecule has 1 aliphatic carbocycles. The number of ether oxygens (including phenoxy) is 2. The number of hydrogen-bond acceptors (Lipinski definition) is 3. The normalized spacial score (nSPS) is 30.7. The van der Waals surface area contributed by atoms with Crippen molar-refractivity contribution in [1.82, 2.24) is 0 Å². The average Bonchev–Trinajstić information content (AvgIpc) is 2.66. The molecule has 0 radical (unpaired) electrons. The van der Waals surface area contributed by atoms with Gasteiger partial charge in [-0.3, -0.25) is 0 Å². The third kappa shape index (κ3) is 3.25. The summed E-state index contributed by atoms with van der Waals surface area (Å²) in [5, 5.41) is 10.8. The maximum Gasteiger partial charge on any atom is 0.0943 e. The first-order valence-electron chi connectivity index (χ1n) is 7.68. The summed E-state index contributed by atoms with van der Waals surface area (Å²) < 4.78 is 11.6. The number of hydrogen-bond donors (Lipinski definition) is 1. The molecule has 2 rings (SSSR count). The first-order chi connectivity index (χ1) is 8.78. The lowest BCUT2D eigenvalue weighted by Gasteiger charge is -2.42. The molecule has 0 aromatic carbocycles. The van der Waals surface area contributed by atoms with Crippen LogP contribution < -0.4 is 0 Å². The van der Waals surface area contributed by atoms with Crippen molar-refractivity contribution in [3.63, 3.8) is 0 Å². The van der Waals surface area contributed by atoms with E-state index in [0.29, 0.717) is 13.2 Å². The summed E-state index contributed by atoms with van der Waals surface area (Å²) in [5.41, 5.74) is -0.295. The Balaban J connectivity index is 2.05. The molecule has 0 aromatic heterocycles. The van der Waals surface area contributed by atoms with Crippen molar-refractivity contribution in [2.75, 3.05) is 19.8 Å². The zero-order valence-corrected chi connectivity index (χ0v) is 11.7. The molecular formula is C15H28O3. The van der Waals surface area contributed by atoms with Gasteiger partial charge in [0.25, 0.3) is 0 Å². The Morgan fingerprint density at radius 2 is 1.94 bits per heavy atom. The molecule has 0 spiro atoms. The van der Waals surface area contributed by atoms with Gasteiger partial charge in [0.1, 0.15) is 0 Å². The fourth-order valence-electron chi connectivity index (χ4n) is 3.58. The van der Waals surface area contributed by atoms with Gasteiger partial charge < -0.3 is 14.6 Å². The molecule has 1 saturated carbocycles. The Morgan fingerprint density at radius 3 is 2.50 bits per heavy atom. The molecule has 1 saturated heterocycles. The van der Waals surface area contributed by atoms with Gasteiger partial charge in [-0.2, -0.15) is 0 Å². The van der Waals surface area contributed by atoms with E-state index >= 15 is 0 Å². The number of aliphatic hydroxyl groups is 1. The van der Waals surface area contributed by atoms with Crippen LogP contribution in [0.3, 0.4) is 0 Å². The molecule has 18 heavy (non-hydrogen) atoms. The predicted octanol–water partition coefficient (Wildman–Crippen LogP) is 2.90. The van der Waals surface area contributed by atoms with E-state index < -0.39 is 0 Å². The van der Waals surface area contributed by atoms with Gasteiger partial charge in [0.2, 0.25) is 0 Å². The highest BCUT2D eigenvalue weighted by atomic mass is 16.5. The standard InChI is InChI=1S/C15H28O3/c1-2-18-15(9-5-3-4-6-10-15)14(16)13-8-7-11-17-12-13/h13-14,16H,2-12H2,1H3. The Kier molecular flexibility index (Phi) is 5.46. The SMILES string of the molecule is CCOC1(C(O)C2CCCOC2)CCCCCC1. The lowest BCUT2D eigenvalue weighted by molar-refractivity contribution is -0.162. The third-order valence-corrected chi connectivity index (χ3v) is 4.56. The summed E-state index contributed by atoms with van der Waals surface area (Å²) in [7, 11) is 0. The minimum Gasteiger partial charge on any atom is -0.390 e. The highest BCUT2D eigenvalue weighted by Crippen LogP contribution is 2.38. The first-order valence-corrected chi connectivity index (χ1v) is 7.68. The number of aliphatic hydroxyl groups excluding tert-OH is 1. The Bertz CT molecular complexity index is 228. The van der Waals surface area contributed by atoms with Gasteiger partial charge in [-0.05, 0) is 32.6 Å². The van der Waals surface area contributed by atoms with Gasteiger partial charge in [0.15, 0.2) is 0 Å². The summed E-state index contributed by atoms with van der Waals surface area (Å²) in [6.45, 7) is 4.29. The van der Waals surface area contributed by atoms with Crippen LogP contribution in [0.25, 0.3) is 0 Å². The minimum atomic E-state index is -0.351. The van der Waals surface area contributed by atoms with Gasteiger partial charge in [0.05, 0.1) is 18.3 Å². The van der Waals surface area contributed by atoms with Crippen molar-refractivity contribution in [3.05, 3.63) is 0 Å². The molecule has 1 aliphatic heterocycles. The Morgan fingerprint density at radius 1 is 1.22 bits per heavy atom. The van der Waals surface area contributed by atoms with Crippen LogP contribution in [-0.2, 0) is 9.47 Å². The predicted molar refractivity (Wildman–Crippen MR) is 71.6 cm³/mol. The topological polar surface area (TPSA) is 38.7 Å². The molecule has 2 atom stereocenters. The fourth-order valence-corrected chi connectivity index (χ4v) is 3.58. The summed E-state index contributed by atoms with van der Waals surface area (Å²) in [5.74, 6) is 0.267. The van der Waals surface area contributed by atoms with Gasteiger partial charge in [-0.15, -0.1) is 0 Å². The van der Waals surface area contributed by atoms with Gasteiger partial charge in [-0.25, -0.2) is 0 Å². The van der Waals surface area contributed by atoms with Crippen molar-refractivity contribution >= 4 is 0 Å². The zero-order chi connectivity index (χ0) is 12.8. The molecule has 0 amide bonds. The largest absolute Gasteiger partial charge is 0.390 e. The molecule has 3 nitrogen and oxygen atoms in total. The van der Waals surface area contributed by atoms with Crippen LogP contribution in [-0.4, -0.2) is 36.6 Å². The molecule has 1 heterocycles. The van der Waals surface area contributed by atoms with Crippen LogP contribution in [0, 0.1) is 5.92 Å². The maximum atomic E-state index is 10.8. The lowest BCUT2D eigenvalue weighted by Crippen LogP contribution is -2.50. The van der Waals surface area contributed by atoms with Crippen LogP contribution in [0.4, 0.5) is 0 Å². The summed E-state index contributed by atoms with van der Waals surface area (Å²) in [6, 6.07) is 0. The maximum absolute atomic E-state index is 10.8. The van der Waals surface area contributed by atoms with E-state index in [9.17, 15) is 5.11 Å². The second kappa shape index (κ2) is 6.88. The summed E-state index contributed by atoms with van der Waals surface area (Å²) >= 11 is 0. The van der Waals surface area contributed by atoms with Crippen LogP contribution >= 0.6 is 0 Å². The Labute approximate surface area is 111 Å². The molecule has 106 valence electrons. The van der Waals surface area contributed by atoms with E-state index in [1.54, 1.807) is 0 Å². The van der Waals surface area contributed by atoms with Crippen molar-refractivity contribution in [3.8, 4) is 0 Å². The average molecular weight is 256 g/mol. The monoisotopic (exact) mass is 256 g/mol. The van der Waals surface area contributed by atoms with Crippen molar-refractivity contribution < 1.29 is 14.6 Å². The van der Waals surface area contributed by atoms with Crippen LogP contribution in [0.2, 0.25) is 0 Å². The molecular weight excluding hydrogens is 228 g/mol. The smallest absolute Gasteiger partial charge is 0.0943 e. The molecule has 0 bridgehead atoms. The molecule has 1 N–H and O–H groups in total. The quantitative estimate of drug-likeness (QED) is 0.786. The molecule has 3 heteroatoms. The van der Waals surface area contributed by atoms with Crippen molar-refractivity contribution in [2.24, 2.45) is 5.92 Å². The van der Waals surface area contributed by atoms with E-state index in [2.05, 4.69) is 0 Å². The van der Waals surface area contributed by atoms with E-state index in [0.717, 1.165) is 32.3 Å². The van der Waals surface area contributed by atoms with E-state index in [1.807, 2.05) is 6.92 Å². The molecule has 2 unspecified atom stereocenters. The van der Waals surface area contributed by atoms with Crippen LogP contribution in [0.15, 0.2) is 0 Å². The van der Waals surface area contributed by atoms with E-state index in [1.165, 1.54) is 25.7 Å². The van der Waals surface area contributed by atoms with E-state index in [-0.39, 0.29) is 17.6 Å². The highest BCUT2D eigenvalue weighted by Gasteiger charge is 2.43. The Hall–Kier alpha value is -0.120. The molecule has 2 fully saturated rings. The summed E-state index contributed by atoms with van der Waals surface area (Å²) in [6.07, 6.45) is 8.76. The van der Waals surface area contributed by atoms with Crippen LogP contribution in [0.1, 0.15) is 58.3 Å². The fraction of sp³-hybridized carbons (Fsp3) is 1.00. The van der Waals surface area contributed by atoms with Crippen molar-refractivity contribution in [1.29, 1.82) is 0 Å².